The zero-order valence-electron chi connectivity index (χ0n) is 6.52. The van der Waals surface area contributed by atoms with Gasteiger partial charge in [-0.2, -0.15) is 15.8 Å². The molecule has 5 heteroatoms. The predicted molar refractivity (Wildman–Crippen MR) is 40.8 cm³/mol. The van der Waals surface area contributed by atoms with E-state index in [1.807, 2.05) is 6.07 Å². The van der Waals surface area contributed by atoms with Crippen LogP contribution in [0.25, 0.3) is 0 Å². The summed E-state index contributed by atoms with van der Waals surface area (Å²) in [6.45, 7) is 0. The molecule has 0 aliphatic heterocycles. The molecule has 1 rings (SSSR count). The van der Waals surface area contributed by atoms with Crippen molar-refractivity contribution in [2.75, 3.05) is 0 Å². The number of hydrogen-bond acceptors (Lipinski definition) is 5. The summed E-state index contributed by atoms with van der Waals surface area (Å²) in [5, 5.41) is 25.4. The van der Waals surface area contributed by atoms with Crippen molar-refractivity contribution >= 4 is 0 Å². The van der Waals surface area contributed by atoms with Gasteiger partial charge in [0, 0.05) is 0 Å². The van der Waals surface area contributed by atoms with Crippen molar-refractivity contribution in [1.82, 2.24) is 9.97 Å². The zero-order chi connectivity index (χ0) is 9.68. The highest BCUT2D eigenvalue weighted by Gasteiger charge is 2.05. The summed E-state index contributed by atoms with van der Waals surface area (Å²) in [5.74, 6) is 0. The molecule has 0 amide bonds. The highest BCUT2D eigenvalue weighted by atomic mass is 14.8. The van der Waals surface area contributed by atoms with E-state index in [2.05, 4.69) is 9.97 Å². The van der Waals surface area contributed by atoms with E-state index in [-0.39, 0.29) is 23.5 Å². The van der Waals surface area contributed by atoms with Crippen LogP contribution in [0, 0.1) is 34.0 Å². The number of aromatic nitrogens is 2. The molecule has 0 spiro atoms. The molecular formula is C8H3N5. The smallest absolute Gasteiger partial charge is 0.163 e. The minimum absolute atomic E-state index is 0.00852. The van der Waals surface area contributed by atoms with E-state index in [0.29, 0.717) is 0 Å². The Morgan fingerprint density at radius 1 is 1.23 bits per heavy atom. The third kappa shape index (κ3) is 1.77. The van der Waals surface area contributed by atoms with Gasteiger partial charge in [-0.15, -0.1) is 0 Å². The van der Waals surface area contributed by atoms with Crippen molar-refractivity contribution in [3.05, 3.63) is 23.3 Å². The van der Waals surface area contributed by atoms with Gasteiger partial charge in [-0.1, -0.05) is 0 Å². The Hall–Kier alpha value is -2.45. The average molecular weight is 169 g/mol. The van der Waals surface area contributed by atoms with Crippen LogP contribution in [0.2, 0.25) is 0 Å². The van der Waals surface area contributed by atoms with E-state index >= 15 is 0 Å². The quantitative estimate of drug-likeness (QED) is 0.601. The third-order valence-electron chi connectivity index (χ3n) is 1.31. The van der Waals surface area contributed by atoms with E-state index in [4.69, 9.17) is 15.8 Å². The summed E-state index contributed by atoms with van der Waals surface area (Å²) in [6, 6.07) is 5.43. The van der Waals surface area contributed by atoms with E-state index < -0.39 is 0 Å². The van der Waals surface area contributed by atoms with Crippen molar-refractivity contribution in [2.24, 2.45) is 0 Å². The SMILES string of the molecule is N#CCc1nc(C#N)cnc1C#N. The fourth-order valence-corrected chi connectivity index (χ4v) is 0.773. The van der Waals surface area contributed by atoms with Crippen molar-refractivity contribution in [1.29, 1.82) is 15.8 Å². The van der Waals surface area contributed by atoms with Crippen LogP contribution >= 0.6 is 0 Å². The molecule has 0 saturated heterocycles. The maximum atomic E-state index is 8.56. The molecule has 0 aromatic carbocycles. The van der Waals surface area contributed by atoms with Crippen LogP contribution in [0.1, 0.15) is 17.1 Å². The molecule has 60 valence electrons. The van der Waals surface area contributed by atoms with Crippen LogP contribution in [-0.2, 0) is 6.42 Å². The Labute approximate surface area is 74.5 Å². The Bertz CT molecular complexity index is 443. The Morgan fingerprint density at radius 2 is 2.00 bits per heavy atom. The van der Waals surface area contributed by atoms with Gasteiger partial charge in [0.1, 0.15) is 12.1 Å². The van der Waals surface area contributed by atoms with Gasteiger partial charge in [-0.25, -0.2) is 9.97 Å². The molecule has 0 N–H and O–H groups in total. The average Bonchev–Trinajstić information content (AvgIpc) is 2.18. The summed E-state index contributed by atoms with van der Waals surface area (Å²) in [7, 11) is 0. The van der Waals surface area contributed by atoms with Gasteiger partial charge in [-0.05, 0) is 0 Å². The van der Waals surface area contributed by atoms with Gasteiger partial charge < -0.3 is 0 Å². The highest BCUT2D eigenvalue weighted by Crippen LogP contribution is 2.02. The lowest BCUT2D eigenvalue weighted by atomic mass is 10.2. The second-order valence-electron chi connectivity index (χ2n) is 2.11. The van der Waals surface area contributed by atoms with Crippen LogP contribution in [0.15, 0.2) is 6.20 Å². The number of nitrogens with zero attached hydrogens (tertiary/aromatic N) is 5. The van der Waals surface area contributed by atoms with Gasteiger partial charge in [0.05, 0.1) is 24.4 Å². The summed E-state index contributed by atoms with van der Waals surface area (Å²) < 4.78 is 0. The molecule has 0 radical (unpaired) electrons. The molecule has 0 aliphatic carbocycles. The largest absolute Gasteiger partial charge is 0.241 e. The molecule has 0 fully saturated rings. The van der Waals surface area contributed by atoms with E-state index in [1.165, 1.54) is 6.20 Å². The van der Waals surface area contributed by atoms with E-state index in [9.17, 15) is 0 Å². The van der Waals surface area contributed by atoms with Crippen molar-refractivity contribution in [3.63, 3.8) is 0 Å². The first kappa shape index (κ1) is 8.64. The molecule has 1 aromatic heterocycles. The van der Waals surface area contributed by atoms with Crippen molar-refractivity contribution in [2.45, 2.75) is 6.42 Å². The first-order chi connectivity index (χ1) is 6.31. The van der Waals surface area contributed by atoms with Crippen LogP contribution in [0.4, 0.5) is 0 Å². The second-order valence-corrected chi connectivity index (χ2v) is 2.11. The summed E-state index contributed by atoms with van der Waals surface area (Å²) >= 11 is 0. The topological polar surface area (TPSA) is 97.2 Å². The number of rotatable bonds is 1. The third-order valence-corrected chi connectivity index (χ3v) is 1.31. The van der Waals surface area contributed by atoms with Crippen LogP contribution in [0.3, 0.4) is 0 Å². The fraction of sp³-hybridized carbons (Fsp3) is 0.125. The normalized spacial score (nSPS) is 8.08. The molecule has 0 unspecified atom stereocenters. The summed E-state index contributed by atoms with van der Waals surface area (Å²) in [5.41, 5.74) is 0.467. The van der Waals surface area contributed by atoms with E-state index in [0.717, 1.165) is 0 Å². The fourth-order valence-electron chi connectivity index (χ4n) is 0.773. The van der Waals surface area contributed by atoms with Gasteiger partial charge in [0.25, 0.3) is 0 Å². The maximum Gasteiger partial charge on any atom is 0.163 e. The van der Waals surface area contributed by atoms with Gasteiger partial charge >= 0.3 is 0 Å². The first-order valence-corrected chi connectivity index (χ1v) is 3.35. The minimum atomic E-state index is -0.00852. The highest BCUT2D eigenvalue weighted by molar-refractivity contribution is 5.31. The van der Waals surface area contributed by atoms with Crippen molar-refractivity contribution in [3.8, 4) is 18.2 Å². The van der Waals surface area contributed by atoms with Crippen molar-refractivity contribution < 1.29 is 0 Å². The monoisotopic (exact) mass is 169 g/mol. The summed E-state index contributed by atoms with van der Waals surface area (Å²) in [4.78, 5) is 7.47. The molecule has 1 aromatic rings. The lowest BCUT2D eigenvalue weighted by Gasteiger charge is -1.95. The first-order valence-electron chi connectivity index (χ1n) is 3.35. The molecule has 13 heavy (non-hydrogen) atoms. The lowest BCUT2D eigenvalue weighted by molar-refractivity contribution is 1.02. The molecule has 0 atom stereocenters. The molecule has 0 saturated carbocycles. The maximum absolute atomic E-state index is 8.56. The van der Waals surface area contributed by atoms with Crippen LogP contribution in [0.5, 0.6) is 0 Å². The zero-order valence-corrected chi connectivity index (χ0v) is 6.52. The number of nitriles is 3. The second kappa shape index (κ2) is 3.80. The summed E-state index contributed by atoms with van der Waals surface area (Å²) in [6.07, 6.45) is 1.20. The molecule has 1 heterocycles. The van der Waals surface area contributed by atoms with Gasteiger partial charge in [0.15, 0.2) is 11.4 Å². The molecule has 0 aliphatic rings. The Kier molecular flexibility index (Phi) is 2.53. The Balaban J connectivity index is 3.23. The lowest BCUT2D eigenvalue weighted by Crippen LogP contribution is -1.99. The van der Waals surface area contributed by atoms with Gasteiger partial charge in [0.2, 0.25) is 0 Å². The molecule has 0 bridgehead atoms. The molecular weight excluding hydrogens is 166 g/mol. The Morgan fingerprint density at radius 3 is 2.54 bits per heavy atom. The standard InChI is InChI=1S/C8H3N5/c9-2-1-7-8(4-11)12-5-6(3-10)13-7/h5H,1H2. The van der Waals surface area contributed by atoms with Crippen LogP contribution in [-0.4, -0.2) is 9.97 Å². The molecule has 5 nitrogen and oxygen atoms in total. The van der Waals surface area contributed by atoms with Crippen LogP contribution < -0.4 is 0 Å². The minimum Gasteiger partial charge on any atom is -0.241 e. The number of hydrogen-bond donors (Lipinski definition) is 0. The predicted octanol–water partition coefficient (Wildman–Crippen LogP) is 0.286. The van der Waals surface area contributed by atoms with Gasteiger partial charge in [-0.3, -0.25) is 0 Å². The van der Waals surface area contributed by atoms with E-state index in [1.54, 1.807) is 12.1 Å².